The summed E-state index contributed by atoms with van der Waals surface area (Å²) in [5.74, 6) is -1.55. The number of nitrogens with zero attached hydrogens (tertiary/aromatic N) is 1. The van der Waals surface area contributed by atoms with Crippen molar-refractivity contribution in [2.24, 2.45) is 0 Å². The molecule has 5 nitrogen and oxygen atoms in total. The van der Waals surface area contributed by atoms with E-state index in [-0.39, 0.29) is 12.0 Å². The van der Waals surface area contributed by atoms with Gasteiger partial charge in [-0.15, -0.1) is 0 Å². The molecule has 0 aliphatic carbocycles. The highest BCUT2D eigenvalue weighted by Crippen LogP contribution is 2.23. The Kier molecular flexibility index (Phi) is 3.72. The van der Waals surface area contributed by atoms with Crippen LogP contribution in [0, 0.1) is 5.82 Å². The minimum absolute atomic E-state index is 0.194. The molecule has 0 aliphatic heterocycles. The number of carboxylic acids is 1. The Balaban J connectivity index is 2.67. The molecule has 0 unspecified atom stereocenters. The molecule has 2 rings (SSSR count). The highest BCUT2D eigenvalue weighted by Gasteiger charge is 2.26. The van der Waals surface area contributed by atoms with Crippen LogP contribution >= 0.6 is 0 Å². The van der Waals surface area contributed by atoms with E-state index in [1.807, 2.05) is 20.8 Å². The Morgan fingerprint density at radius 2 is 2.05 bits per heavy atom. The lowest BCUT2D eigenvalue weighted by Crippen LogP contribution is -2.21. The van der Waals surface area contributed by atoms with Crippen LogP contribution in [-0.4, -0.2) is 20.9 Å². The number of hydrogen-bond acceptors (Lipinski definition) is 2. The number of aromatic amines is 1. The molecule has 0 fully saturated rings. The maximum Gasteiger partial charge on any atom is 0.308 e. The third kappa shape index (κ3) is 3.04. The maximum atomic E-state index is 13.3. The summed E-state index contributed by atoms with van der Waals surface area (Å²) in [6.45, 7) is 5.62. The summed E-state index contributed by atoms with van der Waals surface area (Å²) in [4.78, 5) is 23.4. The van der Waals surface area contributed by atoms with E-state index in [1.165, 1.54) is 22.9 Å². The highest BCUT2D eigenvalue weighted by atomic mass is 19.1. The molecule has 6 heteroatoms. The summed E-state index contributed by atoms with van der Waals surface area (Å²) < 4.78 is 14.5. The number of nitrogens with one attached hydrogen (secondary N) is 1. The van der Waals surface area contributed by atoms with E-state index in [4.69, 9.17) is 5.11 Å². The monoisotopic (exact) mass is 292 g/mol. The van der Waals surface area contributed by atoms with Gasteiger partial charge >= 0.3 is 5.97 Å². The fraction of sp³-hybridized carbons (Fsp3) is 0.333. The molecule has 0 bridgehead atoms. The number of H-pyrrole nitrogens is 1. The first kappa shape index (κ1) is 15.0. The van der Waals surface area contributed by atoms with Gasteiger partial charge in [-0.25, -0.2) is 9.07 Å². The van der Waals surface area contributed by atoms with Gasteiger partial charge in [-0.1, -0.05) is 26.8 Å². The number of halogens is 1. The van der Waals surface area contributed by atoms with Crippen molar-refractivity contribution in [2.75, 3.05) is 0 Å². The fourth-order valence-electron chi connectivity index (χ4n) is 2.20. The summed E-state index contributed by atoms with van der Waals surface area (Å²) in [6, 6.07) is 5.57. The Hall–Kier alpha value is -2.37. The van der Waals surface area contributed by atoms with Gasteiger partial charge in [0.05, 0.1) is 17.7 Å². The third-order valence-corrected chi connectivity index (χ3v) is 3.13. The van der Waals surface area contributed by atoms with E-state index < -0.39 is 22.8 Å². The molecule has 0 saturated heterocycles. The van der Waals surface area contributed by atoms with Crippen LogP contribution in [-0.2, 0) is 16.6 Å². The quantitative estimate of drug-likeness (QED) is 0.911. The number of benzene rings is 1. The lowest BCUT2D eigenvalue weighted by atomic mass is 9.89. The van der Waals surface area contributed by atoms with Crippen LogP contribution in [0.4, 0.5) is 4.39 Å². The summed E-state index contributed by atoms with van der Waals surface area (Å²) in [6.07, 6.45) is -0.371. The van der Waals surface area contributed by atoms with Gasteiger partial charge in [0.1, 0.15) is 5.82 Å². The van der Waals surface area contributed by atoms with Crippen LogP contribution in [0.1, 0.15) is 32.0 Å². The van der Waals surface area contributed by atoms with Gasteiger partial charge < -0.3 is 5.11 Å². The fourth-order valence-corrected chi connectivity index (χ4v) is 2.20. The van der Waals surface area contributed by atoms with Crippen molar-refractivity contribution in [3.8, 4) is 5.69 Å². The number of aliphatic carboxylic acids is 1. The molecule has 2 aromatic rings. The van der Waals surface area contributed by atoms with Crippen LogP contribution in [0.3, 0.4) is 0 Å². The van der Waals surface area contributed by atoms with Gasteiger partial charge in [0.15, 0.2) is 0 Å². The summed E-state index contributed by atoms with van der Waals surface area (Å²) in [7, 11) is 0. The Morgan fingerprint density at radius 3 is 2.57 bits per heavy atom. The molecule has 0 aliphatic rings. The largest absolute Gasteiger partial charge is 0.481 e. The summed E-state index contributed by atoms with van der Waals surface area (Å²) in [5.41, 5.74) is 0.177. The van der Waals surface area contributed by atoms with Crippen molar-refractivity contribution in [3.05, 3.63) is 51.7 Å². The van der Waals surface area contributed by atoms with E-state index in [0.29, 0.717) is 11.4 Å². The topological polar surface area (TPSA) is 75.1 Å². The second kappa shape index (κ2) is 5.20. The van der Waals surface area contributed by atoms with Gasteiger partial charge in [0, 0.05) is 11.1 Å². The molecule has 21 heavy (non-hydrogen) atoms. The zero-order valence-electron chi connectivity index (χ0n) is 12.1. The predicted molar refractivity (Wildman–Crippen MR) is 76.4 cm³/mol. The van der Waals surface area contributed by atoms with Crippen LogP contribution in [0.25, 0.3) is 5.69 Å². The van der Waals surface area contributed by atoms with Gasteiger partial charge in [0.2, 0.25) is 0 Å². The molecule has 1 heterocycles. The van der Waals surface area contributed by atoms with E-state index in [9.17, 15) is 14.0 Å². The first-order valence-corrected chi connectivity index (χ1v) is 6.52. The van der Waals surface area contributed by atoms with E-state index in [1.54, 1.807) is 6.07 Å². The SMILES string of the molecule is CC(C)(C)c1[nH]n(-c2cccc(F)c2)c(=O)c1CC(=O)O. The normalized spacial score (nSPS) is 11.6. The minimum atomic E-state index is -1.08. The standard InChI is InChI=1S/C15H17FN2O3/c1-15(2,3)13-11(8-12(19)20)14(21)18(17-13)10-6-4-5-9(16)7-10/h4-7,17H,8H2,1-3H3,(H,19,20). The average molecular weight is 292 g/mol. The summed E-state index contributed by atoms with van der Waals surface area (Å²) in [5, 5.41) is 11.9. The van der Waals surface area contributed by atoms with Crippen LogP contribution in [0.2, 0.25) is 0 Å². The lowest BCUT2D eigenvalue weighted by Gasteiger charge is -2.17. The lowest BCUT2D eigenvalue weighted by molar-refractivity contribution is -0.136. The average Bonchev–Trinajstić information content (AvgIpc) is 2.66. The van der Waals surface area contributed by atoms with Crippen molar-refractivity contribution < 1.29 is 14.3 Å². The van der Waals surface area contributed by atoms with Crippen molar-refractivity contribution in [1.29, 1.82) is 0 Å². The van der Waals surface area contributed by atoms with E-state index in [2.05, 4.69) is 5.10 Å². The molecular weight excluding hydrogens is 275 g/mol. The van der Waals surface area contributed by atoms with Crippen molar-refractivity contribution in [3.63, 3.8) is 0 Å². The number of rotatable bonds is 3. The van der Waals surface area contributed by atoms with Crippen molar-refractivity contribution in [2.45, 2.75) is 32.6 Å². The smallest absolute Gasteiger partial charge is 0.308 e. The molecule has 2 N–H and O–H groups in total. The molecule has 1 aromatic carbocycles. The van der Waals surface area contributed by atoms with Crippen molar-refractivity contribution >= 4 is 5.97 Å². The van der Waals surface area contributed by atoms with Gasteiger partial charge in [-0.3, -0.25) is 14.7 Å². The van der Waals surface area contributed by atoms with Gasteiger partial charge in [0.25, 0.3) is 5.56 Å². The Labute approximate surface area is 121 Å². The minimum Gasteiger partial charge on any atom is -0.481 e. The van der Waals surface area contributed by atoms with Crippen LogP contribution in [0.15, 0.2) is 29.1 Å². The zero-order valence-corrected chi connectivity index (χ0v) is 12.1. The molecule has 0 atom stereocenters. The molecule has 0 spiro atoms. The molecule has 0 saturated carbocycles. The molecule has 0 amide bonds. The van der Waals surface area contributed by atoms with E-state index in [0.717, 1.165) is 0 Å². The number of carboxylic acid groups (broad SMARTS) is 1. The van der Waals surface area contributed by atoms with Crippen molar-refractivity contribution in [1.82, 2.24) is 9.78 Å². The van der Waals surface area contributed by atoms with Crippen LogP contribution in [0.5, 0.6) is 0 Å². The van der Waals surface area contributed by atoms with E-state index >= 15 is 0 Å². The second-order valence-electron chi connectivity index (χ2n) is 5.91. The Morgan fingerprint density at radius 1 is 1.38 bits per heavy atom. The Bertz CT molecular complexity index is 738. The maximum absolute atomic E-state index is 13.3. The van der Waals surface area contributed by atoms with Gasteiger partial charge in [-0.05, 0) is 18.2 Å². The molecule has 112 valence electrons. The third-order valence-electron chi connectivity index (χ3n) is 3.13. The second-order valence-corrected chi connectivity index (χ2v) is 5.91. The zero-order chi connectivity index (χ0) is 15.8. The highest BCUT2D eigenvalue weighted by molar-refractivity contribution is 5.70. The first-order chi connectivity index (χ1) is 9.70. The predicted octanol–water partition coefficient (Wildman–Crippen LogP) is 2.23. The number of carbonyl (C=O) groups is 1. The van der Waals surface area contributed by atoms with Gasteiger partial charge in [-0.2, -0.15) is 0 Å². The summed E-state index contributed by atoms with van der Waals surface area (Å²) >= 11 is 0. The number of aromatic nitrogens is 2. The molecule has 0 radical (unpaired) electrons. The molecular formula is C15H17FN2O3. The van der Waals surface area contributed by atoms with Crippen LogP contribution < -0.4 is 5.56 Å². The number of hydrogen-bond donors (Lipinski definition) is 2. The molecule has 1 aromatic heterocycles. The first-order valence-electron chi connectivity index (χ1n) is 6.52.